The molecule has 2 aliphatic rings. The molecule has 0 amide bonds. The van der Waals surface area contributed by atoms with Crippen LogP contribution in [-0.4, -0.2) is 57.3 Å². The Kier molecular flexibility index (Phi) is 5.77. The topological polar surface area (TPSA) is 63.1 Å². The number of likely N-dealkylation sites (tertiary alicyclic amines) is 1. The fourth-order valence-corrected chi connectivity index (χ4v) is 4.35. The molecule has 162 valence electrons. The summed E-state index contributed by atoms with van der Waals surface area (Å²) >= 11 is 0. The zero-order chi connectivity index (χ0) is 21.3. The van der Waals surface area contributed by atoms with Crippen molar-refractivity contribution in [2.45, 2.75) is 43.9 Å². The van der Waals surface area contributed by atoms with Crippen LogP contribution in [-0.2, 0) is 0 Å². The first-order valence-electron chi connectivity index (χ1n) is 10.0. The van der Waals surface area contributed by atoms with Crippen LogP contribution in [0.1, 0.15) is 42.1 Å². The molecule has 1 aromatic heterocycles. The molecule has 30 heavy (non-hydrogen) atoms. The van der Waals surface area contributed by atoms with Crippen molar-refractivity contribution in [1.29, 1.82) is 0 Å². The lowest BCUT2D eigenvalue weighted by molar-refractivity contribution is -0.174. The quantitative estimate of drug-likeness (QED) is 0.585. The van der Waals surface area contributed by atoms with Gasteiger partial charge in [0.1, 0.15) is 12.1 Å². The number of alkyl halides is 3. The van der Waals surface area contributed by atoms with Crippen molar-refractivity contribution in [3.05, 3.63) is 42.0 Å². The fourth-order valence-electron chi connectivity index (χ4n) is 4.35. The lowest BCUT2D eigenvalue weighted by atomic mass is 9.85. The maximum absolute atomic E-state index is 13.5. The predicted molar refractivity (Wildman–Crippen MR) is 102 cm³/mol. The minimum atomic E-state index is -4.37. The highest BCUT2D eigenvalue weighted by molar-refractivity contribution is 5.96. The summed E-state index contributed by atoms with van der Waals surface area (Å²) in [6.07, 6.45) is -1.46. The van der Waals surface area contributed by atoms with Gasteiger partial charge in [0.25, 0.3) is 0 Å². The van der Waals surface area contributed by atoms with Gasteiger partial charge in [0.15, 0.2) is 11.8 Å². The van der Waals surface area contributed by atoms with E-state index in [1.165, 1.54) is 24.3 Å². The second-order valence-electron chi connectivity index (χ2n) is 7.93. The van der Waals surface area contributed by atoms with Crippen molar-refractivity contribution in [2.24, 2.45) is 5.92 Å². The number of halogens is 4. The number of ketones is 1. The maximum atomic E-state index is 13.5. The van der Waals surface area contributed by atoms with Gasteiger partial charge in [0.05, 0.1) is 0 Å². The van der Waals surface area contributed by atoms with E-state index in [9.17, 15) is 22.4 Å². The van der Waals surface area contributed by atoms with Crippen LogP contribution in [0.15, 0.2) is 30.6 Å². The van der Waals surface area contributed by atoms with Gasteiger partial charge in [-0.2, -0.15) is 23.3 Å². The van der Waals surface area contributed by atoms with Crippen LogP contribution < -0.4 is 5.32 Å². The lowest BCUT2D eigenvalue weighted by Gasteiger charge is -2.40. The first kappa shape index (κ1) is 20.8. The van der Waals surface area contributed by atoms with E-state index < -0.39 is 12.2 Å². The number of Topliss-reactive ketones (excluding diaryl/α,β-unsaturated/α-hetero) is 1. The molecule has 0 radical (unpaired) electrons. The van der Waals surface area contributed by atoms with Crippen molar-refractivity contribution >= 4 is 11.7 Å². The number of aromatic nitrogens is 3. The van der Waals surface area contributed by atoms with Crippen molar-refractivity contribution in [2.75, 3.05) is 25.0 Å². The molecule has 1 saturated heterocycles. The van der Waals surface area contributed by atoms with E-state index in [1.54, 1.807) is 0 Å². The highest BCUT2D eigenvalue weighted by atomic mass is 19.4. The van der Waals surface area contributed by atoms with E-state index >= 15 is 0 Å². The van der Waals surface area contributed by atoms with E-state index in [4.69, 9.17) is 0 Å². The molecule has 0 bridgehead atoms. The minimum absolute atomic E-state index is 0.0431. The van der Waals surface area contributed by atoms with Gasteiger partial charge >= 0.3 is 6.18 Å². The van der Waals surface area contributed by atoms with Crippen LogP contribution in [0.2, 0.25) is 0 Å². The number of rotatable bonds is 5. The van der Waals surface area contributed by atoms with Crippen molar-refractivity contribution in [3.63, 3.8) is 0 Å². The third kappa shape index (κ3) is 4.48. The van der Waals surface area contributed by atoms with Crippen LogP contribution >= 0.6 is 0 Å². The smallest absolute Gasteiger partial charge is 0.351 e. The third-order valence-electron chi connectivity index (χ3n) is 6.06. The van der Waals surface area contributed by atoms with Gasteiger partial charge < -0.3 is 10.2 Å². The summed E-state index contributed by atoms with van der Waals surface area (Å²) in [5.41, 5.74) is 0.486. The van der Waals surface area contributed by atoms with Gasteiger partial charge in [-0.15, -0.1) is 0 Å². The predicted octanol–water partition coefficient (Wildman–Crippen LogP) is 3.69. The molecule has 4 rings (SSSR count). The average Bonchev–Trinajstić information content (AvgIpc) is 3.20. The van der Waals surface area contributed by atoms with Gasteiger partial charge in [-0.05, 0) is 62.5 Å². The second kappa shape index (κ2) is 8.33. The Morgan fingerprint density at radius 1 is 1.17 bits per heavy atom. The van der Waals surface area contributed by atoms with E-state index in [1.807, 2.05) is 0 Å². The zero-order valence-electron chi connectivity index (χ0n) is 16.3. The van der Waals surface area contributed by atoms with Crippen LogP contribution in [0.25, 0.3) is 0 Å². The molecule has 2 atom stereocenters. The summed E-state index contributed by atoms with van der Waals surface area (Å²) in [6.45, 7) is 2.03. The number of nitrogens with one attached hydrogen (secondary N) is 1. The Morgan fingerprint density at radius 3 is 2.53 bits per heavy atom. The van der Waals surface area contributed by atoms with Crippen LogP contribution in [0.4, 0.5) is 23.5 Å². The monoisotopic (exact) mass is 425 g/mol. The Balaban J connectivity index is 1.29. The molecule has 0 spiro atoms. The number of hydrogen-bond acceptors (Lipinski definition) is 5. The molecule has 0 saturated carbocycles. The van der Waals surface area contributed by atoms with E-state index in [0.717, 1.165) is 36.9 Å². The normalized spacial score (nSPS) is 23.1. The molecule has 6 nitrogen and oxygen atoms in total. The van der Waals surface area contributed by atoms with E-state index in [0.29, 0.717) is 18.5 Å². The summed E-state index contributed by atoms with van der Waals surface area (Å²) in [5.74, 6) is -0.153. The van der Waals surface area contributed by atoms with Crippen LogP contribution in [0.3, 0.4) is 0 Å². The highest BCUT2D eigenvalue weighted by Gasteiger charge is 2.47. The third-order valence-corrected chi connectivity index (χ3v) is 6.06. The number of fused-ring (bicyclic) bond motifs is 1. The van der Waals surface area contributed by atoms with Crippen molar-refractivity contribution in [1.82, 2.24) is 19.7 Å². The first-order chi connectivity index (χ1) is 14.3. The Labute approximate surface area is 171 Å². The van der Waals surface area contributed by atoms with E-state index in [2.05, 4.69) is 20.3 Å². The molecule has 1 N–H and O–H groups in total. The molecule has 2 aliphatic heterocycles. The number of hydrogen-bond donors (Lipinski definition) is 1. The first-order valence-corrected chi connectivity index (χ1v) is 10.0. The maximum Gasteiger partial charge on any atom is 0.411 e. The molecule has 0 aliphatic carbocycles. The fraction of sp³-hybridized carbons (Fsp3) is 0.550. The number of anilines is 1. The minimum Gasteiger partial charge on any atom is -0.351 e. The van der Waals surface area contributed by atoms with Gasteiger partial charge in [0, 0.05) is 24.6 Å². The molecule has 3 heterocycles. The van der Waals surface area contributed by atoms with Crippen LogP contribution in [0, 0.1) is 11.7 Å². The second-order valence-corrected chi connectivity index (χ2v) is 7.93. The molecular formula is C20H23F4N5O. The Hall–Kier alpha value is -2.49. The van der Waals surface area contributed by atoms with Gasteiger partial charge in [-0.1, -0.05) is 0 Å². The number of carbonyl (C=O) groups excluding carboxylic acids is 1. The van der Waals surface area contributed by atoms with Crippen molar-refractivity contribution < 1.29 is 22.4 Å². The van der Waals surface area contributed by atoms with Crippen molar-refractivity contribution in [3.8, 4) is 0 Å². The van der Waals surface area contributed by atoms with Gasteiger partial charge in [0.2, 0.25) is 5.95 Å². The number of piperidine rings is 1. The number of benzene rings is 1. The summed E-state index contributed by atoms with van der Waals surface area (Å²) < 4.78 is 54.3. The van der Waals surface area contributed by atoms with E-state index in [-0.39, 0.29) is 35.9 Å². The molecule has 0 unspecified atom stereocenters. The molecule has 1 fully saturated rings. The molecule has 1 aromatic carbocycles. The summed E-state index contributed by atoms with van der Waals surface area (Å²) in [6, 6.07) is 3.53. The summed E-state index contributed by atoms with van der Waals surface area (Å²) in [5, 5.41) is 6.85. The zero-order valence-corrected chi connectivity index (χ0v) is 16.3. The standard InChI is InChI=1S/C20H23F4N5O/c21-15-3-1-14(2-4-15)17(30)7-10-28-8-5-13(6-9-28)16-11-18(20(22,23)24)29-19(27-16)25-12-26-29/h1-4,12-13,16,18H,5-11H2,(H,25,26,27)/t16-,18+/m0/s1. The lowest BCUT2D eigenvalue weighted by Crippen LogP contribution is -2.46. The largest absolute Gasteiger partial charge is 0.411 e. The molecule has 10 heteroatoms. The number of carbonyl (C=O) groups is 1. The SMILES string of the molecule is O=C(CCN1CCC([C@@H]2C[C@H](C(F)(F)F)n3ncnc3N2)CC1)c1ccc(F)cc1. The van der Waals surface area contributed by atoms with Gasteiger partial charge in [-0.25, -0.2) is 9.07 Å². The molecular weight excluding hydrogens is 402 g/mol. The highest BCUT2D eigenvalue weighted by Crippen LogP contribution is 2.41. The summed E-state index contributed by atoms with van der Waals surface area (Å²) in [7, 11) is 0. The van der Waals surface area contributed by atoms with Crippen LogP contribution in [0.5, 0.6) is 0 Å². The average molecular weight is 425 g/mol. The number of nitrogens with zero attached hydrogens (tertiary/aromatic N) is 4. The molecule has 2 aromatic rings. The Bertz CT molecular complexity index is 874. The van der Waals surface area contributed by atoms with Gasteiger partial charge in [-0.3, -0.25) is 4.79 Å². The summed E-state index contributed by atoms with van der Waals surface area (Å²) in [4.78, 5) is 18.3. The Morgan fingerprint density at radius 2 is 1.87 bits per heavy atom.